The number of benzene rings is 1. The van der Waals surface area contributed by atoms with Crippen LogP contribution < -0.4 is 0 Å². The molecule has 1 atom stereocenters. The minimum Gasteiger partial charge on any atom is -0.461 e. The lowest BCUT2D eigenvalue weighted by Gasteiger charge is -2.17. The third-order valence-electron chi connectivity index (χ3n) is 3.09. The Kier molecular flexibility index (Phi) is 8.31. The normalized spacial score (nSPS) is 12.1. The number of halogens is 1. The number of carbonyl (C=O) groups excluding carboxylic acids is 1. The van der Waals surface area contributed by atoms with Crippen molar-refractivity contribution < 1.29 is 9.53 Å². The van der Waals surface area contributed by atoms with Crippen LogP contribution >= 0.6 is 11.6 Å². The lowest BCUT2D eigenvalue weighted by Crippen LogP contribution is -2.21. The molecule has 1 aromatic rings. The third kappa shape index (κ3) is 7.22. The molecule has 0 aliphatic carbocycles. The standard InChI is InChI=1S/C16H23ClO2/c1-2-3-4-8-11-15(19-16(18)13-17)12-14-9-6-5-7-10-14/h5-7,9-10,15H,2-4,8,11-13H2,1H3. The largest absolute Gasteiger partial charge is 0.461 e. The second kappa shape index (κ2) is 9.85. The van der Waals surface area contributed by atoms with Crippen molar-refractivity contribution in [3.8, 4) is 0 Å². The van der Waals surface area contributed by atoms with Crippen LogP contribution in [0.4, 0.5) is 0 Å². The van der Waals surface area contributed by atoms with Crippen LogP contribution in [0.25, 0.3) is 0 Å². The molecule has 0 aliphatic heterocycles. The smallest absolute Gasteiger partial charge is 0.321 e. The molecule has 1 aromatic carbocycles. The molecule has 0 saturated carbocycles. The van der Waals surface area contributed by atoms with Crippen LogP contribution in [0.15, 0.2) is 30.3 Å². The van der Waals surface area contributed by atoms with Gasteiger partial charge in [0.2, 0.25) is 0 Å². The molecule has 0 bridgehead atoms. The van der Waals surface area contributed by atoms with E-state index in [4.69, 9.17) is 16.3 Å². The number of rotatable bonds is 9. The number of hydrogen-bond donors (Lipinski definition) is 0. The van der Waals surface area contributed by atoms with Gasteiger partial charge in [0.1, 0.15) is 12.0 Å². The van der Waals surface area contributed by atoms with Crippen LogP contribution in [0.5, 0.6) is 0 Å². The maximum Gasteiger partial charge on any atom is 0.321 e. The SMILES string of the molecule is CCCCCCC(Cc1ccccc1)OC(=O)CCl. The topological polar surface area (TPSA) is 26.3 Å². The third-order valence-corrected chi connectivity index (χ3v) is 3.31. The van der Waals surface area contributed by atoms with Crippen LogP contribution in [-0.2, 0) is 16.0 Å². The van der Waals surface area contributed by atoms with Crippen molar-refractivity contribution in [1.29, 1.82) is 0 Å². The van der Waals surface area contributed by atoms with Gasteiger partial charge < -0.3 is 4.74 Å². The van der Waals surface area contributed by atoms with Gasteiger partial charge in [-0.2, -0.15) is 0 Å². The summed E-state index contributed by atoms with van der Waals surface area (Å²) in [7, 11) is 0. The molecule has 0 amide bonds. The summed E-state index contributed by atoms with van der Waals surface area (Å²) in [5.74, 6) is -0.390. The molecular weight excluding hydrogens is 260 g/mol. The van der Waals surface area contributed by atoms with Gasteiger partial charge in [-0.3, -0.25) is 4.79 Å². The van der Waals surface area contributed by atoms with Gasteiger partial charge in [-0.05, 0) is 18.4 Å². The number of unbranched alkanes of at least 4 members (excludes halogenated alkanes) is 3. The Morgan fingerprint density at radius 1 is 1.21 bits per heavy atom. The summed E-state index contributed by atoms with van der Waals surface area (Å²) in [6.07, 6.45) is 6.38. The van der Waals surface area contributed by atoms with Crippen molar-refractivity contribution in [2.45, 2.75) is 51.6 Å². The molecule has 19 heavy (non-hydrogen) atoms. The number of esters is 1. The van der Waals surface area contributed by atoms with Crippen LogP contribution in [0.2, 0.25) is 0 Å². The van der Waals surface area contributed by atoms with E-state index in [1.165, 1.54) is 24.8 Å². The summed E-state index contributed by atoms with van der Waals surface area (Å²) >= 11 is 5.51. The predicted molar refractivity (Wildman–Crippen MR) is 79.5 cm³/mol. The molecule has 3 heteroatoms. The molecule has 0 aromatic heterocycles. The van der Waals surface area contributed by atoms with E-state index < -0.39 is 0 Å². The number of hydrogen-bond acceptors (Lipinski definition) is 2. The Labute approximate surface area is 121 Å². The molecule has 0 N–H and O–H groups in total. The van der Waals surface area contributed by atoms with E-state index in [9.17, 15) is 4.79 Å². The van der Waals surface area contributed by atoms with Crippen molar-refractivity contribution in [1.82, 2.24) is 0 Å². The van der Waals surface area contributed by atoms with E-state index in [2.05, 4.69) is 19.1 Å². The van der Waals surface area contributed by atoms with Crippen LogP contribution in [0, 0.1) is 0 Å². The highest BCUT2D eigenvalue weighted by Crippen LogP contribution is 2.14. The molecule has 1 unspecified atom stereocenters. The van der Waals surface area contributed by atoms with Crippen molar-refractivity contribution in [3.05, 3.63) is 35.9 Å². The van der Waals surface area contributed by atoms with Gasteiger partial charge in [-0.25, -0.2) is 0 Å². The average molecular weight is 283 g/mol. The van der Waals surface area contributed by atoms with Crippen LogP contribution in [-0.4, -0.2) is 18.0 Å². The van der Waals surface area contributed by atoms with Crippen molar-refractivity contribution in [2.24, 2.45) is 0 Å². The molecule has 106 valence electrons. The van der Waals surface area contributed by atoms with Crippen LogP contribution in [0.1, 0.15) is 44.6 Å². The zero-order valence-corrected chi connectivity index (χ0v) is 12.4. The maximum atomic E-state index is 11.3. The lowest BCUT2D eigenvalue weighted by molar-refractivity contribution is -0.146. The monoisotopic (exact) mass is 282 g/mol. The van der Waals surface area contributed by atoms with E-state index >= 15 is 0 Å². The van der Waals surface area contributed by atoms with E-state index in [0.717, 1.165) is 19.3 Å². The molecular formula is C16H23ClO2. The van der Waals surface area contributed by atoms with Crippen LogP contribution in [0.3, 0.4) is 0 Å². The first kappa shape index (κ1) is 16.0. The molecule has 0 saturated heterocycles. The van der Waals surface area contributed by atoms with Gasteiger partial charge in [-0.15, -0.1) is 11.6 Å². The van der Waals surface area contributed by atoms with Crippen molar-refractivity contribution in [2.75, 3.05) is 5.88 Å². The van der Waals surface area contributed by atoms with E-state index in [1.807, 2.05) is 18.2 Å². The highest BCUT2D eigenvalue weighted by molar-refractivity contribution is 6.26. The highest BCUT2D eigenvalue weighted by Gasteiger charge is 2.14. The predicted octanol–water partition coefficient (Wildman–Crippen LogP) is 4.35. The summed E-state index contributed by atoms with van der Waals surface area (Å²) in [4.78, 5) is 11.3. The van der Waals surface area contributed by atoms with Crippen molar-refractivity contribution in [3.63, 3.8) is 0 Å². The fourth-order valence-electron chi connectivity index (χ4n) is 2.10. The molecule has 0 fully saturated rings. The first-order valence-corrected chi connectivity index (χ1v) is 7.59. The summed E-state index contributed by atoms with van der Waals surface area (Å²) in [6, 6.07) is 10.1. The Hall–Kier alpha value is -1.02. The Morgan fingerprint density at radius 3 is 2.58 bits per heavy atom. The second-order valence-corrected chi connectivity index (χ2v) is 5.05. The molecule has 1 rings (SSSR count). The zero-order valence-electron chi connectivity index (χ0n) is 11.6. The molecule has 2 nitrogen and oxygen atoms in total. The Balaban J connectivity index is 2.46. The fourth-order valence-corrected chi connectivity index (χ4v) is 2.16. The zero-order chi connectivity index (χ0) is 13.9. The quantitative estimate of drug-likeness (QED) is 0.382. The molecule has 0 spiro atoms. The second-order valence-electron chi connectivity index (χ2n) is 4.78. The van der Waals surface area contributed by atoms with E-state index in [-0.39, 0.29) is 18.0 Å². The van der Waals surface area contributed by atoms with Gasteiger partial charge >= 0.3 is 5.97 Å². The minimum absolute atomic E-state index is 0.0505. The van der Waals surface area contributed by atoms with Gasteiger partial charge in [0.25, 0.3) is 0 Å². The summed E-state index contributed by atoms with van der Waals surface area (Å²) in [5.41, 5.74) is 1.20. The fraction of sp³-hybridized carbons (Fsp3) is 0.562. The molecule has 0 aliphatic rings. The summed E-state index contributed by atoms with van der Waals surface area (Å²) < 4.78 is 5.41. The maximum absolute atomic E-state index is 11.3. The lowest BCUT2D eigenvalue weighted by atomic mass is 10.0. The number of alkyl halides is 1. The van der Waals surface area contributed by atoms with Crippen molar-refractivity contribution >= 4 is 17.6 Å². The summed E-state index contributed by atoms with van der Waals surface area (Å²) in [6.45, 7) is 2.19. The highest BCUT2D eigenvalue weighted by atomic mass is 35.5. The van der Waals surface area contributed by atoms with Gasteiger partial charge in [0.15, 0.2) is 0 Å². The molecule has 0 radical (unpaired) electrons. The summed E-state index contributed by atoms with van der Waals surface area (Å²) in [5, 5.41) is 0. The minimum atomic E-state index is -0.321. The number of carbonyl (C=O) groups is 1. The Bertz CT molecular complexity index is 351. The Morgan fingerprint density at radius 2 is 1.95 bits per heavy atom. The van der Waals surface area contributed by atoms with Gasteiger partial charge in [0.05, 0.1) is 0 Å². The number of ether oxygens (including phenoxy) is 1. The van der Waals surface area contributed by atoms with Gasteiger partial charge in [-0.1, -0.05) is 56.5 Å². The van der Waals surface area contributed by atoms with Gasteiger partial charge in [0, 0.05) is 6.42 Å². The molecule has 0 heterocycles. The first-order chi connectivity index (χ1) is 9.26. The average Bonchev–Trinajstić information content (AvgIpc) is 2.44. The van der Waals surface area contributed by atoms with E-state index in [0.29, 0.717) is 0 Å². The first-order valence-electron chi connectivity index (χ1n) is 7.05. The van der Waals surface area contributed by atoms with E-state index in [1.54, 1.807) is 0 Å².